The normalized spacial score (nSPS) is 15.2. The van der Waals surface area contributed by atoms with Crippen LogP contribution in [0.25, 0.3) is 0 Å². The number of likely N-dealkylation sites (tertiary alicyclic amines) is 1. The Bertz CT molecular complexity index is 1080. The summed E-state index contributed by atoms with van der Waals surface area (Å²) in [6.07, 6.45) is -2.93. The number of carbonyl (C=O) groups is 3. The van der Waals surface area contributed by atoms with Crippen LogP contribution in [0.15, 0.2) is 48.5 Å². The van der Waals surface area contributed by atoms with Crippen LogP contribution in [-0.4, -0.2) is 62.0 Å². The maximum absolute atomic E-state index is 13.1. The third-order valence-corrected chi connectivity index (χ3v) is 6.54. The summed E-state index contributed by atoms with van der Waals surface area (Å²) in [5.41, 5.74) is 0.629. The number of alkyl halides is 3. The first-order valence-corrected chi connectivity index (χ1v) is 12.2. The van der Waals surface area contributed by atoms with Crippen molar-refractivity contribution in [3.05, 3.63) is 70.8 Å². The molecule has 200 valence electrons. The molecule has 1 saturated heterocycles. The monoisotopic (exact) mass is 519 g/mol. The van der Waals surface area contributed by atoms with Crippen LogP contribution < -0.4 is 10.6 Å². The second kappa shape index (κ2) is 12.7. The molecule has 3 rings (SSSR count). The van der Waals surface area contributed by atoms with Crippen molar-refractivity contribution < 1.29 is 32.3 Å². The highest BCUT2D eigenvalue weighted by Gasteiger charge is 2.35. The lowest BCUT2D eigenvalue weighted by Crippen LogP contribution is -2.54. The fraction of sp³-hybridized carbons (Fsp3) is 0.444. The van der Waals surface area contributed by atoms with E-state index in [0.29, 0.717) is 51.1 Å². The number of aryl methyl sites for hydroxylation is 1. The van der Waals surface area contributed by atoms with E-state index < -0.39 is 17.8 Å². The first-order valence-electron chi connectivity index (χ1n) is 12.2. The van der Waals surface area contributed by atoms with E-state index in [9.17, 15) is 27.6 Å². The van der Waals surface area contributed by atoms with Crippen LogP contribution in [0, 0.1) is 12.8 Å². The predicted molar refractivity (Wildman–Crippen MR) is 132 cm³/mol. The number of halogens is 3. The van der Waals surface area contributed by atoms with E-state index in [0.717, 1.165) is 17.7 Å². The molecule has 37 heavy (non-hydrogen) atoms. The van der Waals surface area contributed by atoms with Crippen molar-refractivity contribution in [1.29, 1.82) is 0 Å². The van der Waals surface area contributed by atoms with Crippen molar-refractivity contribution in [2.24, 2.45) is 5.92 Å². The molecule has 0 aliphatic carbocycles. The quantitative estimate of drug-likeness (QED) is 0.493. The molecule has 3 amide bonds. The highest BCUT2D eigenvalue weighted by Crippen LogP contribution is 2.29. The smallest absolute Gasteiger partial charge is 0.385 e. The summed E-state index contributed by atoms with van der Waals surface area (Å²) in [6.45, 7) is 3.34. The van der Waals surface area contributed by atoms with Gasteiger partial charge in [-0.1, -0.05) is 18.2 Å². The molecule has 7 nitrogen and oxygen atoms in total. The van der Waals surface area contributed by atoms with Gasteiger partial charge >= 0.3 is 6.18 Å². The van der Waals surface area contributed by atoms with Crippen LogP contribution in [0.3, 0.4) is 0 Å². The number of carbonyl (C=O) groups excluding carboxylic acids is 3. The largest absolute Gasteiger partial charge is 0.416 e. The molecular weight excluding hydrogens is 487 g/mol. The molecular formula is C27H32F3N3O4. The Morgan fingerprint density at radius 3 is 2.30 bits per heavy atom. The van der Waals surface area contributed by atoms with Gasteiger partial charge in [0.1, 0.15) is 6.04 Å². The van der Waals surface area contributed by atoms with E-state index in [1.54, 1.807) is 24.1 Å². The minimum absolute atomic E-state index is 0.173. The third-order valence-electron chi connectivity index (χ3n) is 6.54. The number of benzene rings is 2. The lowest BCUT2D eigenvalue weighted by molar-refractivity contribution is -0.137. The highest BCUT2D eigenvalue weighted by atomic mass is 19.4. The van der Waals surface area contributed by atoms with Crippen LogP contribution in [-0.2, 0) is 15.7 Å². The molecule has 1 unspecified atom stereocenters. The van der Waals surface area contributed by atoms with Gasteiger partial charge in [0.2, 0.25) is 5.91 Å². The minimum atomic E-state index is -4.47. The van der Waals surface area contributed by atoms with Gasteiger partial charge in [-0.15, -0.1) is 0 Å². The van der Waals surface area contributed by atoms with Gasteiger partial charge in [0, 0.05) is 44.5 Å². The number of nitrogens with zero attached hydrogens (tertiary/aromatic N) is 1. The Hall–Kier alpha value is -3.40. The third kappa shape index (κ3) is 7.55. The second-order valence-electron chi connectivity index (χ2n) is 9.11. The van der Waals surface area contributed by atoms with Crippen molar-refractivity contribution in [3.8, 4) is 0 Å². The Morgan fingerprint density at radius 2 is 1.70 bits per heavy atom. The molecule has 1 aliphatic rings. The summed E-state index contributed by atoms with van der Waals surface area (Å²) in [5.74, 6) is -1.23. The van der Waals surface area contributed by atoms with Crippen molar-refractivity contribution in [1.82, 2.24) is 15.5 Å². The Kier molecular flexibility index (Phi) is 9.68. The summed E-state index contributed by atoms with van der Waals surface area (Å²) in [7, 11) is 1.58. The van der Waals surface area contributed by atoms with E-state index in [4.69, 9.17) is 4.74 Å². The first-order chi connectivity index (χ1) is 17.6. The molecule has 2 aromatic carbocycles. The average Bonchev–Trinajstić information content (AvgIpc) is 2.89. The van der Waals surface area contributed by atoms with Crippen LogP contribution in [0.2, 0.25) is 0 Å². The standard InChI is InChI=1S/C27H32F3N3O4/c1-18-6-3-4-7-22(18)24(34)32-23(25(35)31-14-5-17-37-2)19-12-15-33(16-13-19)26(36)20-8-10-21(11-9-20)27(28,29)30/h3-4,6-11,19,23H,5,12-17H2,1-2H3,(H,31,35)(H,32,34). The van der Waals surface area contributed by atoms with Gasteiger partial charge < -0.3 is 20.3 Å². The number of hydrogen-bond donors (Lipinski definition) is 2. The maximum Gasteiger partial charge on any atom is 0.416 e. The zero-order valence-corrected chi connectivity index (χ0v) is 20.9. The summed E-state index contributed by atoms with van der Waals surface area (Å²) in [6, 6.07) is 10.5. The van der Waals surface area contributed by atoms with Gasteiger partial charge in [0.05, 0.1) is 5.56 Å². The van der Waals surface area contributed by atoms with Crippen molar-refractivity contribution >= 4 is 17.7 Å². The summed E-state index contributed by atoms with van der Waals surface area (Å²) >= 11 is 0. The Morgan fingerprint density at radius 1 is 1.05 bits per heavy atom. The number of methoxy groups -OCH3 is 1. The Labute approximate surface area is 214 Å². The molecule has 1 heterocycles. The lowest BCUT2D eigenvalue weighted by atomic mass is 9.88. The topological polar surface area (TPSA) is 87.7 Å². The highest BCUT2D eigenvalue weighted by molar-refractivity contribution is 5.98. The molecule has 10 heteroatoms. The number of rotatable bonds is 9. The van der Waals surface area contributed by atoms with Gasteiger partial charge in [-0.05, 0) is 68.0 Å². The minimum Gasteiger partial charge on any atom is -0.385 e. The van der Waals surface area contributed by atoms with Gasteiger partial charge in [-0.3, -0.25) is 14.4 Å². The van der Waals surface area contributed by atoms with E-state index in [1.807, 2.05) is 19.1 Å². The van der Waals surface area contributed by atoms with Gasteiger partial charge in [-0.25, -0.2) is 0 Å². The number of hydrogen-bond acceptors (Lipinski definition) is 4. The number of ether oxygens (including phenoxy) is 1. The molecule has 2 aromatic rings. The maximum atomic E-state index is 13.1. The SMILES string of the molecule is COCCCNC(=O)C(NC(=O)c1ccccc1C)C1CCN(C(=O)c2ccc(C(F)(F)F)cc2)CC1. The number of piperidine rings is 1. The van der Waals surface area contributed by atoms with Gasteiger partial charge in [0.25, 0.3) is 11.8 Å². The van der Waals surface area contributed by atoms with Gasteiger partial charge in [-0.2, -0.15) is 13.2 Å². The molecule has 0 aromatic heterocycles. The van der Waals surface area contributed by atoms with E-state index >= 15 is 0 Å². The van der Waals surface area contributed by atoms with Crippen molar-refractivity contribution in [2.45, 2.75) is 38.4 Å². The predicted octanol–water partition coefficient (Wildman–Crippen LogP) is 3.82. The lowest BCUT2D eigenvalue weighted by Gasteiger charge is -2.36. The van der Waals surface area contributed by atoms with E-state index in [2.05, 4.69) is 10.6 Å². The van der Waals surface area contributed by atoms with Crippen LogP contribution >= 0.6 is 0 Å². The molecule has 0 saturated carbocycles. The number of amides is 3. The van der Waals surface area contributed by atoms with Gasteiger partial charge in [0.15, 0.2) is 0 Å². The fourth-order valence-corrected chi connectivity index (χ4v) is 4.40. The summed E-state index contributed by atoms with van der Waals surface area (Å²) in [4.78, 5) is 40.5. The fourth-order valence-electron chi connectivity index (χ4n) is 4.40. The summed E-state index contributed by atoms with van der Waals surface area (Å²) < 4.78 is 43.5. The van der Waals surface area contributed by atoms with Crippen molar-refractivity contribution in [2.75, 3.05) is 33.4 Å². The molecule has 0 spiro atoms. The Balaban J connectivity index is 1.67. The number of nitrogens with one attached hydrogen (secondary N) is 2. The van der Waals surface area contributed by atoms with Crippen LogP contribution in [0.4, 0.5) is 13.2 Å². The molecule has 0 bridgehead atoms. The van der Waals surface area contributed by atoms with E-state index in [-0.39, 0.29) is 29.2 Å². The second-order valence-corrected chi connectivity index (χ2v) is 9.11. The first kappa shape index (κ1) is 28.2. The molecule has 1 fully saturated rings. The summed E-state index contributed by atoms with van der Waals surface area (Å²) in [5, 5.41) is 5.75. The van der Waals surface area contributed by atoms with E-state index in [1.165, 1.54) is 12.1 Å². The van der Waals surface area contributed by atoms with Crippen LogP contribution in [0.1, 0.15) is 51.1 Å². The molecule has 0 radical (unpaired) electrons. The molecule has 1 atom stereocenters. The zero-order chi connectivity index (χ0) is 27.0. The zero-order valence-electron chi connectivity index (χ0n) is 20.9. The van der Waals surface area contributed by atoms with Crippen molar-refractivity contribution in [3.63, 3.8) is 0 Å². The molecule has 2 N–H and O–H groups in total. The average molecular weight is 520 g/mol. The molecule has 1 aliphatic heterocycles. The van der Waals surface area contributed by atoms with Crippen LogP contribution in [0.5, 0.6) is 0 Å².